The number of hydrogen-bond donors (Lipinski definition) is 1. The fourth-order valence-corrected chi connectivity index (χ4v) is 1.91. The number of hydrogen-bond acceptors (Lipinski definition) is 2. The van der Waals surface area contributed by atoms with Gasteiger partial charge in [-0.15, -0.1) is 0 Å². The fraction of sp³-hybridized carbons (Fsp3) is 0.250. The zero-order valence-corrected chi connectivity index (χ0v) is 11.1. The van der Waals surface area contributed by atoms with Crippen LogP contribution in [0.3, 0.4) is 0 Å². The normalized spacial score (nSPS) is 12.2. The lowest BCUT2D eigenvalue weighted by molar-refractivity contribution is 0.194. The van der Waals surface area contributed by atoms with E-state index in [4.69, 9.17) is 4.74 Å². The highest BCUT2D eigenvalue weighted by molar-refractivity contribution is 5.41. The number of ether oxygens (including phenoxy) is 1. The molecule has 1 atom stereocenters. The summed E-state index contributed by atoms with van der Waals surface area (Å²) in [6, 6.07) is 12.1. The van der Waals surface area contributed by atoms with E-state index in [1.165, 1.54) is 6.07 Å². The van der Waals surface area contributed by atoms with E-state index >= 15 is 0 Å². The summed E-state index contributed by atoms with van der Waals surface area (Å²) < 4.78 is 19.5. The van der Waals surface area contributed by atoms with Crippen LogP contribution in [0.4, 0.5) is 4.39 Å². The quantitative estimate of drug-likeness (QED) is 0.891. The van der Waals surface area contributed by atoms with Gasteiger partial charge < -0.3 is 9.84 Å². The third-order valence-corrected chi connectivity index (χ3v) is 2.97. The SMILES string of the molecule is CCc1cccc(Oc2c(F)cccc2C(C)O)c1. The molecule has 0 aliphatic heterocycles. The van der Waals surface area contributed by atoms with Crippen molar-refractivity contribution >= 4 is 0 Å². The van der Waals surface area contributed by atoms with E-state index in [1.54, 1.807) is 25.1 Å². The van der Waals surface area contributed by atoms with Gasteiger partial charge in [0.1, 0.15) is 5.75 Å². The Morgan fingerprint density at radius 3 is 2.63 bits per heavy atom. The van der Waals surface area contributed by atoms with Crippen molar-refractivity contribution in [1.29, 1.82) is 0 Å². The zero-order chi connectivity index (χ0) is 13.8. The average molecular weight is 260 g/mol. The summed E-state index contributed by atoms with van der Waals surface area (Å²) in [4.78, 5) is 0. The molecule has 0 radical (unpaired) electrons. The first-order valence-electron chi connectivity index (χ1n) is 6.35. The van der Waals surface area contributed by atoms with Crippen molar-refractivity contribution in [3.63, 3.8) is 0 Å². The highest BCUT2D eigenvalue weighted by atomic mass is 19.1. The van der Waals surface area contributed by atoms with Crippen LogP contribution in [0.15, 0.2) is 42.5 Å². The van der Waals surface area contributed by atoms with Crippen LogP contribution in [0.5, 0.6) is 11.5 Å². The van der Waals surface area contributed by atoms with Crippen molar-refractivity contribution in [2.45, 2.75) is 26.4 Å². The molecule has 2 aromatic rings. The Balaban J connectivity index is 2.37. The van der Waals surface area contributed by atoms with Gasteiger partial charge >= 0.3 is 0 Å². The first-order valence-corrected chi connectivity index (χ1v) is 6.35. The summed E-state index contributed by atoms with van der Waals surface area (Å²) in [5.41, 5.74) is 1.56. The number of halogens is 1. The van der Waals surface area contributed by atoms with Gasteiger partial charge in [0, 0.05) is 5.56 Å². The minimum Gasteiger partial charge on any atom is -0.454 e. The van der Waals surface area contributed by atoms with Gasteiger partial charge in [0.25, 0.3) is 0 Å². The van der Waals surface area contributed by atoms with Gasteiger partial charge in [-0.25, -0.2) is 4.39 Å². The zero-order valence-electron chi connectivity index (χ0n) is 11.1. The second-order valence-electron chi connectivity index (χ2n) is 4.44. The molecule has 0 spiro atoms. The molecule has 0 fully saturated rings. The van der Waals surface area contributed by atoms with Crippen LogP contribution in [0.2, 0.25) is 0 Å². The van der Waals surface area contributed by atoms with Crippen molar-refractivity contribution in [3.8, 4) is 11.5 Å². The molecular formula is C16H17FO2. The highest BCUT2D eigenvalue weighted by Crippen LogP contribution is 2.32. The van der Waals surface area contributed by atoms with E-state index in [1.807, 2.05) is 25.1 Å². The molecule has 0 saturated carbocycles. The van der Waals surface area contributed by atoms with Crippen molar-refractivity contribution in [3.05, 3.63) is 59.4 Å². The number of aliphatic hydroxyl groups excluding tert-OH is 1. The molecule has 0 saturated heterocycles. The Labute approximate surface area is 112 Å². The predicted octanol–water partition coefficient (Wildman–Crippen LogP) is 4.23. The predicted molar refractivity (Wildman–Crippen MR) is 72.9 cm³/mol. The first kappa shape index (κ1) is 13.6. The Morgan fingerprint density at radius 2 is 1.95 bits per heavy atom. The molecule has 0 aliphatic carbocycles. The molecule has 0 bridgehead atoms. The molecule has 19 heavy (non-hydrogen) atoms. The molecule has 2 rings (SSSR count). The largest absolute Gasteiger partial charge is 0.454 e. The van der Waals surface area contributed by atoms with Crippen LogP contribution in [0.1, 0.15) is 31.1 Å². The molecular weight excluding hydrogens is 243 g/mol. The van der Waals surface area contributed by atoms with E-state index < -0.39 is 11.9 Å². The minimum atomic E-state index is -0.778. The third kappa shape index (κ3) is 3.12. The summed E-state index contributed by atoms with van der Waals surface area (Å²) in [5.74, 6) is 0.192. The van der Waals surface area contributed by atoms with E-state index in [2.05, 4.69) is 0 Å². The maximum absolute atomic E-state index is 13.8. The van der Waals surface area contributed by atoms with Gasteiger partial charge in [0.05, 0.1) is 6.10 Å². The summed E-state index contributed by atoms with van der Waals surface area (Å²) >= 11 is 0. The van der Waals surface area contributed by atoms with Gasteiger partial charge in [-0.05, 0) is 37.1 Å². The molecule has 3 heteroatoms. The van der Waals surface area contributed by atoms with Crippen molar-refractivity contribution in [2.75, 3.05) is 0 Å². The maximum atomic E-state index is 13.8. The number of para-hydroxylation sites is 1. The fourth-order valence-electron chi connectivity index (χ4n) is 1.91. The van der Waals surface area contributed by atoms with Crippen molar-refractivity contribution in [2.24, 2.45) is 0 Å². The lowest BCUT2D eigenvalue weighted by atomic mass is 10.1. The summed E-state index contributed by atoms with van der Waals surface area (Å²) in [7, 11) is 0. The van der Waals surface area contributed by atoms with Gasteiger partial charge in [-0.1, -0.05) is 31.2 Å². The van der Waals surface area contributed by atoms with Crippen LogP contribution < -0.4 is 4.74 Å². The highest BCUT2D eigenvalue weighted by Gasteiger charge is 2.14. The molecule has 0 aliphatic rings. The lowest BCUT2D eigenvalue weighted by Gasteiger charge is -2.14. The monoisotopic (exact) mass is 260 g/mol. The number of benzene rings is 2. The molecule has 2 nitrogen and oxygen atoms in total. The van der Waals surface area contributed by atoms with Gasteiger partial charge in [0.2, 0.25) is 0 Å². The standard InChI is InChI=1S/C16H17FO2/c1-3-12-6-4-7-13(10-12)19-16-14(11(2)18)8-5-9-15(16)17/h4-11,18H,3H2,1-2H3. The van der Waals surface area contributed by atoms with E-state index in [-0.39, 0.29) is 5.75 Å². The van der Waals surface area contributed by atoms with Gasteiger partial charge in [-0.3, -0.25) is 0 Å². The molecule has 0 heterocycles. The lowest BCUT2D eigenvalue weighted by Crippen LogP contribution is -1.99. The number of aryl methyl sites for hydroxylation is 1. The van der Waals surface area contributed by atoms with E-state index in [9.17, 15) is 9.50 Å². The van der Waals surface area contributed by atoms with Crippen LogP contribution in [-0.4, -0.2) is 5.11 Å². The van der Waals surface area contributed by atoms with Crippen LogP contribution in [0.25, 0.3) is 0 Å². The van der Waals surface area contributed by atoms with E-state index in [0.29, 0.717) is 11.3 Å². The second-order valence-corrected chi connectivity index (χ2v) is 4.44. The van der Waals surface area contributed by atoms with Crippen LogP contribution in [0, 0.1) is 5.82 Å². The van der Waals surface area contributed by atoms with E-state index in [0.717, 1.165) is 12.0 Å². The molecule has 0 aromatic heterocycles. The topological polar surface area (TPSA) is 29.5 Å². The third-order valence-electron chi connectivity index (χ3n) is 2.97. The number of rotatable bonds is 4. The smallest absolute Gasteiger partial charge is 0.168 e. The molecule has 1 unspecified atom stereocenters. The summed E-state index contributed by atoms with van der Waals surface area (Å²) in [6.07, 6.45) is 0.109. The average Bonchev–Trinajstić information content (AvgIpc) is 2.41. The van der Waals surface area contributed by atoms with Gasteiger partial charge in [-0.2, -0.15) is 0 Å². The summed E-state index contributed by atoms with van der Waals surface area (Å²) in [5, 5.41) is 9.66. The maximum Gasteiger partial charge on any atom is 0.168 e. The Hall–Kier alpha value is -1.87. The molecule has 1 N–H and O–H groups in total. The molecule has 100 valence electrons. The first-order chi connectivity index (χ1) is 9.11. The van der Waals surface area contributed by atoms with Crippen molar-refractivity contribution < 1.29 is 14.2 Å². The second kappa shape index (κ2) is 5.85. The molecule has 0 amide bonds. The minimum absolute atomic E-state index is 0.0887. The van der Waals surface area contributed by atoms with Crippen LogP contribution in [-0.2, 0) is 6.42 Å². The van der Waals surface area contributed by atoms with Crippen LogP contribution >= 0.6 is 0 Å². The number of aliphatic hydroxyl groups is 1. The Bertz CT molecular complexity index is 564. The van der Waals surface area contributed by atoms with Crippen molar-refractivity contribution in [1.82, 2.24) is 0 Å². The Morgan fingerprint density at radius 1 is 1.21 bits per heavy atom. The molecule has 2 aromatic carbocycles. The summed E-state index contributed by atoms with van der Waals surface area (Å²) in [6.45, 7) is 3.63. The Kier molecular flexibility index (Phi) is 4.17. The van der Waals surface area contributed by atoms with Gasteiger partial charge in [0.15, 0.2) is 11.6 Å².